The fourth-order valence-electron chi connectivity index (χ4n) is 0.734. The highest BCUT2D eigenvalue weighted by molar-refractivity contribution is 5.93. The van der Waals surface area contributed by atoms with E-state index in [9.17, 15) is 9.70 Å². The number of allylic oxidation sites excluding steroid dienone is 1. The van der Waals surface area contributed by atoms with Crippen LogP contribution < -0.4 is 5.32 Å². The third-order valence-electron chi connectivity index (χ3n) is 1.46. The molecule has 0 fully saturated rings. The van der Waals surface area contributed by atoms with Gasteiger partial charge >= 0.3 is 0 Å². The Bertz CT molecular complexity index is 219. The first kappa shape index (κ1) is 11.6. The molecule has 0 aromatic rings. The number of hydrogen-bond donors (Lipinski definition) is 2. The minimum atomic E-state index is -0.622. The van der Waals surface area contributed by atoms with E-state index in [0.29, 0.717) is 6.54 Å². The van der Waals surface area contributed by atoms with E-state index < -0.39 is 11.6 Å². The molecule has 74 valence electrons. The molecule has 0 aliphatic carbocycles. The second-order valence-corrected chi connectivity index (χ2v) is 2.63. The van der Waals surface area contributed by atoms with Crippen molar-refractivity contribution in [2.75, 3.05) is 6.54 Å². The fraction of sp³-hybridized carbons (Fsp3) is 0.625. The Labute approximate surface area is 76.8 Å². The van der Waals surface area contributed by atoms with Crippen molar-refractivity contribution >= 4 is 5.91 Å². The molecule has 0 unspecified atom stereocenters. The number of amides is 1. The first-order chi connectivity index (χ1) is 6.13. The second-order valence-electron chi connectivity index (χ2n) is 2.63. The average molecular weight is 186 g/mol. The zero-order valence-corrected chi connectivity index (χ0v) is 7.83. The Hall–Kier alpha value is -1.39. The number of nitroso groups, excluding NO2 is 1. The van der Waals surface area contributed by atoms with Crippen molar-refractivity contribution in [3.8, 4) is 0 Å². The number of carbonyl (C=O) groups is 1. The molecule has 5 heteroatoms. The van der Waals surface area contributed by atoms with Crippen LogP contribution in [0.5, 0.6) is 0 Å². The highest BCUT2D eigenvalue weighted by Crippen LogP contribution is 2.01. The zero-order valence-electron chi connectivity index (χ0n) is 7.83. The lowest BCUT2D eigenvalue weighted by molar-refractivity contribution is -0.117. The molecule has 0 radical (unpaired) electrons. The van der Waals surface area contributed by atoms with Crippen molar-refractivity contribution in [3.63, 3.8) is 0 Å². The molecule has 0 atom stereocenters. The van der Waals surface area contributed by atoms with Crippen LogP contribution in [-0.2, 0) is 4.79 Å². The summed E-state index contributed by atoms with van der Waals surface area (Å²) in [6, 6.07) is 0. The van der Waals surface area contributed by atoms with E-state index in [4.69, 9.17) is 5.11 Å². The molecule has 0 saturated heterocycles. The molecule has 1 amide bonds. The third kappa shape index (κ3) is 4.25. The normalized spacial score (nSPS) is 11.8. The maximum atomic E-state index is 11.1. The number of hydrogen-bond acceptors (Lipinski definition) is 4. The molecule has 2 N–H and O–H groups in total. The Balaban J connectivity index is 4.09. The lowest BCUT2D eigenvalue weighted by atomic mass is 10.3. The minimum absolute atomic E-state index is 0.357. The van der Waals surface area contributed by atoms with E-state index in [2.05, 4.69) is 10.5 Å². The summed E-state index contributed by atoms with van der Waals surface area (Å²) in [6.45, 7) is 3.72. The van der Waals surface area contributed by atoms with Gasteiger partial charge in [0, 0.05) is 6.54 Å². The van der Waals surface area contributed by atoms with Crippen LogP contribution in [0.3, 0.4) is 0 Å². The van der Waals surface area contributed by atoms with Gasteiger partial charge in [0.1, 0.15) is 5.76 Å². The number of nitrogens with one attached hydrogen (secondary N) is 1. The van der Waals surface area contributed by atoms with Crippen LogP contribution in [0.25, 0.3) is 0 Å². The van der Waals surface area contributed by atoms with Gasteiger partial charge in [0.25, 0.3) is 5.91 Å². The molecular weight excluding hydrogens is 172 g/mol. The Morgan fingerprint density at radius 2 is 2.15 bits per heavy atom. The van der Waals surface area contributed by atoms with Gasteiger partial charge in [-0.2, -0.15) is 0 Å². The number of rotatable bonds is 5. The topological polar surface area (TPSA) is 78.8 Å². The van der Waals surface area contributed by atoms with Crippen LogP contribution in [0.1, 0.15) is 26.7 Å². The third-order valence-corrected chi connectivity index (χ3v) is 1.46. The van der Waals surface area contributed by atoms with Gasteiger partial charge in [-0.3, -0.25) is 4.79 Å². The molecule has 0 aliphatic rings. The lowest BCUT2D eigenvalue weighted by Gasteiger charge is -2.02. The minimum Gasteiger partial charge on any atom is -0.510 e. The highest BCUT2D eigenvalue weighted by atomic mass is 16.3. The Morgan fingerprint density at radius 1 is 1.54 bits per heavy atom. The summed E-state index contributed by atoms with van der Waals surface area (Å²) in [7, 11) is 0. The van der Waals surface area contributed by atoms with Gasteiger partial charge in [-0.05, 0) is 18.5 Å². The molecule has 0 aromatic heterocycles. The summed E-state index contributed by atoms with van der Waals surface area (Å²) in [5.41, 5.74) is -0.448. The van der Waals surface area contributed by atoms with Crippen molar-refractivity contribution in [2.24, 2.45) is 5.18 Å². The number of aliphatic hydroxyl groups is 1. The average Bonchev–Trinajstić information content (AvgIpc) is 2.05. The van der Waals surface area contributed by atoms with Gasteiger partial charge in [-0.25, -0.2) is 0 Å². The maximum Gasteiger partial charge on any atom is 0.277 e. The van der Waals surface area contributed by atoms with E-state index in [1.165, 1.54) is 6.92 Å². The number of nitrogens with zero attached hydrogens (tertiary/aromatic N) is 1. The molecule has 13 heavy (non-hydrogen) atoms. The van der Waals surface area contributed by atoms with Gasteiger partial charge in [-0.15, -0.1) is 4.91 Å². The van der Waals surface area contributed by atoms with Crippen molar-refractivity contribution in [1.82, 2.24) is 5.32 Å². The van der Waals surface area contributed by atoms with E-state index >= 15 is 0 Å². The summed E-state index contributed by atoms with van der Waals surface area (Å²) < 4.78 is 0. The number of aliphatic hydroxyl groups excluding tert-OH is 1. The molecule has 0 bridgehead atoms. The SMILES string of the molecule is CCCCNC(=O)C(N=O)=C(C)O. The second kappa shape index (κ2) is 6.16. The van der Waals surface area contributed by atoms with Crippen molar-refractivity contribution in [1.29, 1.82) is 0 Å². The molecule has 0 rings (SSSR count). The van der Waals surface area contributed by atoms with Crippen LogP contribution in [0, 0.1) is 4.91 Å². The van der Waals surface area contributed by atoms with Gasteiger partial charge in [0.15, 0.2) is 0 Å². The van der Waals surface area contributed by atoms with Gasteiger partial charge in [0.05, 0.1) is 0 Å². The van der Waals surface area contributed by atoms with E-state index in [-0.39, 0.29) is 5.76 Å². The monoisotopic (exact) mass is 186 g/mol. The van der Waals surface area contributed by atoms with E-state index in [1.807, 2.05) is 6.92 Å². The number of carbonyl (C=O) groups excluding carboxylic acids is 1. The molecule has 0 heterocycles. The molecule has 0 aromatic carbocycles. The van der Waals surface area contributed by atoms with Crippen LogP contribution in [0.2, 0.25) is 0 Å². The van der Waals surface area contributed by atoms with Crippen molar-refractivity contribution in [2.45, 2.75) is 26.7 Å². The van der Waals surface area contributed by atoms with Crippen LogP contribution in [-0.4, -0.2) is 17.6 Å². The summed E-state index contributed by atoms with van der Waals surface area (Å²) >= 11 is 0. The van der Waals surface area contributed by atoms with Gasteiger partial charge in [-0.1, -0.05) is 13.3 Å². The summed E-state index contributed by atoms with van der Waals surface area (Å²) in [4.78, 5) is 21.2. The standard InChI is InChI=1S/C8H14N2O3/c1-3-4-5-9-8(12)7(10-13)6(2)11/h11H,3-5H2,1-2H3,(H,9,12). The first-order valence-corrected chi connectivity index (χ1v) is 4.14. The molecule has 5 nitrogen and oxygen atoms in total. The fourth-order valence-corrected chi connectivity index (χ4v) is 0.734. The summed E-state index contributed by atoms with van der Waals surface area (Å²) in [5, 5.41) is 13.8. The van der Waals surface area contributed by atoms with E-state index in [1.54, 1.807) is 0 Å². The summed E-state index contributed by atoms with van der Waals surface area (Å²) in [5.74, 6) is -0.979. The van der Waals surface area contributed by atoms with Crippen LogP contribution in [0.15, 0.2) is 16.6 Å². The predicted molar refractivity (Wildman–Crippen MR) is 49.0 cm³/mol. The molecule has 0 aliphatic heterocycles. The maximum absolute atomic E-state index is 11.1. The quantitative estimate of drug-likeness (QED) is 0.295. The van der Waals surface area contributed by atoms with Crippen molar-refractivity contribution in [3.05, 3.63) is 16.4 Å². The van der Waals surface area contributed by atoms with Gasteiger partial charge in [0.2, 0.25) is 5.70 Å². The first-order valence-electron chi connectivity index (χ1n) is 4.14. The zero-order chi connectivity index (χ0) is 10.3. The predicted octanol–water partition coefficient (Wildman–Crippen LogP) is 1.46. The highest BCUT2D eigenvalue weighted by Gasteiger charge is 2.12. The lowest BCUT2D eigenvalue weighted by Crippen LogP contribution is -2.25. The Morgan fingerprint density at radius 3 is 2.54 bits per heavy atom. The molecule has 0 spiro atoms. The van der Waals surface area contributed by atoms with Gasteiger partial charge < -0.3 is 10.4 Å². The van der Waals surface area contributed by atoms with Crippen LogP contribution >= 0.6 is 0 Å². The molecular formula is C8H14N2O3. The van der Waals surface area contributed by atoms with Crippen LogP contribution in [0.4, 0.5) is 0 Å². The van der Waals surface area contributed by atoms with E-state index in [0.717, 1.165) is 12.8 Å². The number of unbranched alkanes of at least 4 members (excludes halogenated alkanes) is 1. The molecule has 0 saturated carbocycles. The Kier molecular flexibility index (Phi) is 5.50. The summed E-state index contributed by atoms with van der Waals surface area (Å²) in [6.07, 6.45) is 1.79. The van der Waals surface area contributed by atoms with Crippen molar-refractivity contribution < 1.29 is 9.90 Å². The largest absolute Gasteiger partial charge is 0.510 e. The smallest absolute Gasteiger partial charge is 0.277 e.